The van der Waals surface area contributed by atoms with Gasteiger partial charge in [0.05, 0.1) is 0 Å². The zero-order chi connectivity index (χ0) is 8.77. The number of hydrogen-bond donors (Lipinski definition) is 0. The van der Waals surface area contributed by atoms with Gasteiger partial charge in [0, 0.05) is 16.7 Å². The Morgan fingerprint density at radius 2 is 2.17 bits per heavy atom. The molecule has 1 aromatic heterocycles. The zero-order valence-corrected chi connectivity index (χ0v) is 7.14. The van der Waals surface area contributed by atoms with Crippen LogP contribution in [0, 0.1) is 0 Å². The van der Waals surface area contributed by atoms with Gasteiger partial charge in [0.25, 0.3) is 5.88 Å². The Bertz CT molecular complexity index is 331. The highest BCUT2D eigenvalue weighted by Gasteiger charge is 2.44. The van der Waals surface area contributed by atoms with Crippen LogP contribution >= 0.6 is 15.9 Å². The maximum atomic E-state index is 12.4. The van der Waals surface area contributed by atoms with Crippen LogP contribution in [-0.4, -0.2) is 11.3 Å². The highest BCUT2D eigenvalue weighted by molar-refractivity contribution is 9.10. The topological polar surface area (TPSA) is 31.4 Å². The number of nitrogens with zero attached hydrogens (tertiary/aromatic N) is 1. The molecule has 0 saturated heterocycles. The first kappa shape index (κ1) is 7.72. The van der Waals surface area contributed by atoms with E-state index in [1.54, 1.807) is 0 Å². The molecule has 64 valence electrons. The van der Waals surface area contributed by atoms with Crippen molar-refractivity contribution in [2.45, 2.75) is 6.29 Å². The van der Waals surface area contributed by atoms with Gasteiger partial charge in [0.15, 0.2) is 5.75 Å². The SMILES string of the molecule is FC1(F)Oc2cc(Br)cnc2O1. The van der Waals surface area contributed by atoms with Gasteiger partial charge in [0.1, 0.15) is 0 Å². The summed E-state index contributed by atoms with van der Waals surface area (Å²) in [5, 5.41) is 0. The first-order valence-corrected chi connectivity index (χ1v) is 3.77. The minimum atomic E-state index is -3.59. The van der Waals surface area contributed by atoms with Gasteiger partial charge >= 0.3 is 6.29 Å². The monoisotopic (exact) mass is 237 g/mol. The zero-order valence-electron chi connectivity index (χ0n) is 5.55. The van der Waals surface area contributed by atoms with Crippen LogP contribution in [0.25, 0.3) is 0 Å². The Labute approximate surface area is 74.4 Å². The van der Waals surface area contributed by atoms with E-state index >= 15 is 0 Å². The quantitative estimate of drug-likeness (QED) is 0.693. The van der Waals surface area contributed by atoms with Crippen molar-refractivity contribution in [3.8, 4) is 11.6 Å². The van der Waals surface area contributed by atoms with Gasteiger partial charge in [0.2, 0.25) is 0 Å². The van der Waals surface area contributed by atoms with E-state index in [0.29, 0.717) is 4.47 Å². The number of alkyl halides is 2. The molecular formula is C6H2BrF2NO2. The van der Waals surface area contributed by atoms with Crippen LogP contribution in [-0.2, 0) is 0 Å². The fraction of sp³-hybridized carbons (Fsp3) is 0.167. The summed E-state index contributed by atoms with van der Waals surface area (Å²) >= 11 is 3.06. The molecule has 0 aromatic carbocycles. The summed E-state index contributed by atoms with van der Waals surface area (Å²) < 4.78 is 33.5. The molecule has 0 atom stereocenters. The molecule has 1 aromatic rings. The largest absolute Gasteiger partial charge is 0.587 e. The fourth-order valence-electron chi connectivity index (χ4n) is 0.819. The number of halogens is 3. The number of pyridine rings is 1. The molecular weight excluding hydrogens is 236 g/mol. The van der Waals surface area contributed by atoms with Crippen LogP contribution < -0.4 is 9.47 Å². The molecule has 0 spiro atoms. The van der Waals surface area contributed by atoms with Gasteiger partial charge in [-0.3, -0.25) is 0 Å². The third kappa shape index (κ3) is 1.22. The third-order valence-electron chi connectivity index (χ3n) is 1.23. The number of rotatable bonds is 0. The van der Waals surface area contributed by atoms with E-state index in [1.807, 2.05) is 0 Å². The second-order valence-electron chi connectivity index (χ2n) is 2.12. The van der Waals surface area contributed by atoms with Crippen LogP contribution in [0.1, 0.15) is 0 Å². The van der Waals surface area contributed by atoms with Gasteiger partial charge in [-0.05, 0) is 15.9 Å². The molecule has 0 amide bonds. The predicted octanol–water partition coefficient (Wildman–Crippen LogP) is 2.17. The molecule has 0 saturated carbocycles. The van der Waals surface area contributed by atoms with Crippen molar-refractivity contribution >= 4 is 15.9 Å². The molecule has 1 aliphatic rings. The number of hydrogen-bond acceptors (Lipinski definition) is 3. The lowest BCUT2D eigenvalue weighted by molar-refractivity contribution is -0.287. The van der Waals surface area contributed by atoms with E-state index in [1.165, 1.54) is 12.3 Å². The smallest absolute Gasteiger partial charge is 0.393 e. The Kier molecular flexibility index (Phi) is 1.47. The Morgan fingerprint density at radius 3 is 2.92 bits per heavy atom. The summed E-state index contributed by atoms with van der Waals surface area (Å²) in [5.41, 5.74) is 0. The summed E-state index contributed by atoms with van der Waals surface area (Å²) in [7, 11) is 0. The molecule has 0 fully saturated rings. The van der Waals surface area contributed by atoms with E-state index in [2.05, 4.69) is 30.4 Å². The van der Waals surface area contributed by atoms with Gasteiger partial charge in [-0.2, -0.15) is 0 Å². The average Bonchev–Trinajstić information content (AvgIpc) is 2.21. The molecule has 0 unspecified atom stereocenters. The maximum absolute atomic E-state index is 12.4. The minimum absolute atomic E-state index is 0.0608. The second-order valence-corrected chi connectivity index (χ2v) is 3.04. The van der Waals surface area contributed by atoms with Crippen LogP contribution in [0.2, 0.25) is 0 Å². The standard InChI is InChI=1S/C6H2BrF2NO2/c7-3-1-4-5(10-2-3)12-6(8,9)11-4/h1-2H. The van der Waals surface area contributed by atoms with Crippen molar-refractivity contribution in [1.82, 2.24) is 4.98 Å². The van der Waals surface area contributed by atoms with Crippen molar-refractivity contribution in [1.29, 1.82) is 0 Å². The molecule has 6 heteroatoms. The van der Waals surface area contributed by atoms with Crippen molar-refractivity contribution in [3.63, 3.8) is 0 Å². The van der Waals surface area contributed by atoms with E-state index in [4.69, 9.17) is 0 Å². The van der Waals surface area contributed by atoms with Crippen molar-refractivity contribution in [2.75, 3.05) is 0 Å². The first-order chi connectivity index (χ1) is 5.57. The maximum Gasteiger partial charge on any atom is 0.587 e. The lowest BCUT2D eigenvalue weighted by atomic mass is 10.4. The molecule has 3 nitrogen and oxygen atoms in total. The normalized spacial score (nSPS) is 17.9. The molecule has 0 N–H and O–H groups in total. The highest BCUT2D eigenvalue weighted by atomic mass is 79.9. The highest BCUT2D eigenvalue weighted by Crippen LogP contribution is 2.39. The molecule has 0 aliphatic carbocycles. The third-order valence-corrected chi connectivity index (χ3v) is 1.66. The van der Waals surface area contributed by atoms with Gasteiger partial charge < -0.3 is 9.47 Å². The van der Waals surface area contributed by atoms with Crippen LogP contribution in [0.15, 0.2) is 16.7 Å². The van der Waals surface area contributed by atoms with Gasteiger partial charge in [-0.15, -0.1) is 8.78 Å². The van der Waals surface area contributed by atoms with E-state index < -0.39 is 6.29 Å². The summed E-state index contributed by atoms with van der Waals surface area (Å²) in [5.74, 6) is -0.252. The Morgan fingerprint density at radius 1 is 1.42 bits per heavy atom. The van der Waals surface area contributed by atoms with Crippen molar-refractivity contribution in [2.24, 2.45) is 0 Å². The Hall–Kier alpha value is -0.910. The van der Waals surface area contributed by atoms with Crippen LogP contribution in [0.4, 0.5) is 8.78 Å². The lowest BCUT2D eigenvalue weighted by Gasteiger charge is -2.03. The molecule has 2 rings (SSSR count). The lowest BCUT2D eigenvalue weighted by Crippen LogP contribution is -2.26. The summed E-state index contributed by atoms with van der Waals surface area (Å²) in [6.07, 6.45) is -2.24. The number of fused-ring (bicyclic) bond motifs is 1. The number of ether oxygens (including phenoxy) is 2. The average molecular weight is 238 g/mol. The molecule has 2 heterocycles. The fourth-order valence-corrected chi connectivity index (χ4v) is 1.13. The Balaban J connectivity index is 2.43. The van der Waals surface area contributed by atoms with Gasteiger partial charge in [-0.1, -0.05) is 0 Å². The molecule has 1 aliphatic heterocycles. The minimum Gasteiger partial charge on any atom is -0.393 e. The first-order valence-electron chi connectivity index (χ1n) is 2.98. The summed E-state index contributed by atoms with van der Waals surface area (Å²) in [6.45, 7) is 0. The van der Waals surface area contributed by atoms with Crippen LogP contribution in [0.5, 0.6) is 11.6 Å². The number of aromatic nitrogens is 1. The van der Waals surface area contributed by atoms with E-state index in [0.717, 1.165) is 0 Å². The van der Waals surface area contributed by atoms with E-state index in [-0.39, 0.29) is 11.6 Å². The van der Waals surface area contributed by atoms with Crippen molar-refractivity contribution in [3.05, 3.63) is 16.7 Å². The predicted molar refractivity (Wildman–Crippen MR) is 38.1 cm³/mol. The van der Waals surface area contributed by atoms with E-state index in [9.17, 15) is 8.78 Å². The van der Waals surface area contributed by atoms with Crippen molar-refractivity contribution < 1.29 is 18.3 Å². The van der Waals surface area contributed by atoms with Crippen LogP contribution in [0.3, 0.4) is 0 Å². The molecule has 12 heavy (non-hydrogen) atoms. The molecule has 0 radical (unpaired) electrons. The summed E-state index contributed by atoms with van der Waals surface area (Å²) in [6, 6.07) is 1.36. The molecule has 0 bridgehead atoms. The summed E-state index contributed by atoms with van der Waals surface area (Å²) in [4.78, 5) is 3.58. The van der Waals surface area contributed by atoms with Gasteiger partial charge in [-0.25, -0.2) is 4.98 Å². The second kappa shape index (κ2) is 2.29.